The number of aliphatic carboxylic acids is 1. The van der Waals surface area contributed by atoms with Gasteiger partial charge >= 0.3 is 12.0 Å². The number of carbonyl (C=O) groups is 2. The molecule has 0 aliphatic carbocycles. The van der Waals surface area contributed by atoms with Crippen LogP contribution in [0.3, 0.4) is 0 Å². The minimum atomic E-state index is -0.751. The van der Waals surface area contributed by atoms with Gasteiger partial charge in [-0.2, -0.15) is 0 Å². The lowest BCUT2D eigenvalue weighted by molar-refractivity contribution is -0.138. The number of urea groups is 1. The van der Waals surface area contributed by atoms with Crippen LogP contribution in [0.5, 0.6) is 0 Å². The molecule has 1 aromatic rings. The summed E-state index contributed by atoms with van der Waals surface area (Å²) in [5, 5.41) is 8.83. The van der Waals surface area contributed by atoms with E-state index in [2.05, 4.69) is 0 Å². The molecule has 1 N–H and O–H groups in total. The molecular weight excluding hydrogens is 268 g/mol. The zero-order valence-corrected chi connectivity index (χ0v) is 12.4. The first-order chi connectivity index (χ1) is 10.1. The third-order valence-corrected chi connectivity index (χ3v) is 3.96. The normalized spacial score (nSPS) is 15.8. The number of hydrogen-bond donors (Lipinski definition) is 1. The molecule has 5 heteroatoms. The zero-order chi connectivity index (χ0) is 15.2. The van der Waals surface area contributed by atoms with Gasteiger partial charge in [0.25, 0.3) is 0 Å². The Labute approximate surface area is 125 Å². The van der Waals surface area contributed by atoms with Gasteiger partial charge in [-0.15, -0.1) is 0 Å². The molecule has 0 radical (unpaired) electrons. The molecule has 0 bridgehead atoms. The van der Waals surface area contributed by atoms with Crippen molar-refractivity contribution in [2.24, 2.45) is 5.92 Å². The third kappa shape index (κ3) is 3.97. The van der Waals surface area contributed by atoms with E-state index in [9.17, 15) is 9.59 Å². The Bertz CT molecular complexity index is 482. The summed E-state index contributed by atoms with van der Waals surface area (Å²) in [6, 6.07) is 9.64. The Hall–Kier alpha value is -2.04. The van der Waals surface area contributed by atoms with Crippen molar-refractivity contribution >= 4 is 17.7 Å². The Morgan fingerprint density at radius 1 is 1.24 bits per heavy atom. The lowest BCUT2D eigenvalue weighted by Gasteiger charge is -2.35. The van der Waals surface area contributed by atoms with Crippen LogP contribution in [0.25, 0.3) is 0 Å². The second-order valence-electron chi connectivity index (χ2n) is 5.39. The second-order valence-corrected chi connectivity index (χ2v) is 5.39. The minimum Gasteiger partial charge on any atom is -0.481 e. The van der Waals surface area contributed by atoms with Crippen LogP contribution in [0.1, 0.15) is 26.2 Å². The number of likely N-dealkylation sites (tertiary alicyclic amines) is 1. The molecule has 1 fully saturated rings. The first kappa shape index (κ1) is 15.4. The Morgan fingerprint density at radius 3 is 2.38 bits per heavy atom. The summed E-state index contributed by atoms with van der Waals surface area (Å²) in [5.74, 6) is -0.558. The highest BCUT2D eigenvalue weighted by Gasteiger charge is 2.27. The van der Waals surface area contributed by atoms with Crippen molar-refractivity contribution in [2.45, 2.75) is 26.2 Å². The van der Waals surface area contributed by atoms with E-state index >= 15 is 0 Å². The van der Waals surface area contributed by atoms with E-state index in [0.717, 1.165) is 18.5 Å². The lowest BCUT2D eigenvalue weighted by atomic mass is 9.94. The number of benzene rings is 1. The van der Waals surface area contributed by atoms with Gasteiger partial charge in [-0.25, -0.2) is 4.79 Å². The van der Waals surface area contributed by atoms with Crippen molar-refractivity contribution in [1.29, 1.82) is 0 Å². The molecule has 1 aliphatic heterocycles. The van der Waals surface area contributed by atoms with Crippen molar-refractivity contribution in [1.82, 2.24) is 4.90 Å². The number of para-hydroxylation sites is 1. The lowest BCUT2D eigenvalue weighted by Crippen LogP contribution is -2.47. The molecular formula is C16H22N2O3. The number of hydrogen-bond acceptors (Lipinski definition) is 2. The summed E-state index contributed by atoms with van der Waals surface area (Å²) >= 11 is 0. The molecule has 0 unspecified atom stereocenters. The molecule has 5 nitrogen and oxygen atoms in total. The minimum absolute atomic E-state index is 0.0116. The van der Waals surface area contributed by atoms with Gasteiger partial charge in [-0.3, -0.25) is 9.69 Å². The fourth-order valence-electron chi connectivity index (χ4n) is 2.78. The standard InChI is InChI=1S/C16H22N2O3/c1-2-18(14-6-4-3-5-7-14)16(21)17-10-8-13(9-11-17)12-15(19)20/h3-7,13H,2,8-12H2,1H3,(H,19,20). The van der Waals surface area contributed by atoms with E-state index < -0.39 is 5.97 Å². The number of carboxylic acid groups (broad SMARTS) is 1. The highest BCUT2D eigenvalue weighted by atomic mass is 16.4. The summed E-state index contributed by atoms with van der Waals surface area (Å²) in [5.41, 5.74) is 0.901. The molecule has 0 aromatic heterocycles. The van der Waals surface area contributed by atoms with Gasteiger partial charge in [0, 0.05) is 31.7 Å². The van der Waals surface area contributed by atoms with E-state index in [1.807, 2.05) is 42.2 Å². The van der Waals surface area contributed by atoms with Crippen LogP contribution < -0.4 is 4.90 Å². The van der Waals surface area contributed by atoms with Crippen molar-refractivity contribution in [3.63, 3.8) is 0 Å². The molecule has 1 heterocycles. The SMILES string of the molecule is CCN(C(=O)N1CCC(CC(=O)O)CC1)c1ccccc1. The monoisotopic (exact) mass is 290 g/mol. The summed E-state index contributed by atoms with van der Waals surface area (Å²) in [7, 11) is 0. The predicted octanol–water partition coefficient (Wildman–Crippen LogP) is 2.82. The van der Waals surface area contributed by atoms with Gasteiger partial charge in [0.1, 0.15) is 0 Å². The maximum Gasteiger partial charge on any atom is 0.324 e. The van der Waals surface area contributed by atoms with Crippen LogP contribution in [-0.4, -0.2) is 41.6 Å². The van der Waals surface area contributed by atoms with Crippen LogP contribution in [0.15, 0.2) is 30.3 Å². The molecule has 0 spiro atoms. The summed E-state index contributed by atoms with van der Waals surface area (Å²) in [6.07, 6.45) is 1.74. The van der Waals surface area contributed by atoms with Gasteiger partial charge in [0.15, 0.2) is 0 Å². The van der Waals surface area contributed by atoms with E-state index in [0.29, 0.717) is 19.6 Å². The Morgan fingerprint density at radius 2 is 1.86 bits per heavy atom. The Balaban J connectivity index is 1.96. The van der Waals surface area contributed by atoms with E-state index in [1.165, 1.54) is 0 Å². The quantitative estimate of drug-likeness (QED) is 0.927. The number of amides is 2. The molecule has 114 valence electrons. The van der Waals surface area contributed by atoms with Crippen molar-refractivity contribution in [3.05, 3.63) is 30.3 Å². The first-order valence-electron chi connectivity index (χ1n) is 7.45. The largest absolute Gasteiger partial charge is 0.481 e. The average molecular weight is 290 g/mol. The molecule has 0 saturated carbocycles. The van der Waals surface area contributed by atoms with Gasteiger partial charge in [0.2, 0.25) is 0 Å². The topological polar surface area (TPSA) is 60.9 Å². The summed E-state index contributed by atoms with van der Waals surface area (Å²) < 4.78 is 0. The van der Waals surface area contributed by atoms with Gasteiger partial charge < -0.3 is 10.0 Å². The number of rotatable bonds is 4. The maximum atomic E-state index is 12.6. The molecule has 0 atom stereocenters. The highest BCUT2D eigenvalue weighted by Crippen LogP contribution is 2.23. The number of nitrogens with zero attached hydrogens (tertiary/aromatic N) is 2. The zero-order valence-electron chi connectivity index (χ0n) is 12.4. The predicted molar refractivity (Wildman–Crippen MR) is 81.4 cm³/mol. The number of carboxylic acids is 1. The summed E-state index contributed by atoms with van der Waals surface area (Å²) in [6.45, 7) is 3.86. The van der Waals surface area contributed by atoms with Gasteiger partial charge in [-0.1, -0.05) is 18.2 Å². The van der Waals surface area contributed by atoms with Crippen molar-refractivity contribution < 1.29 is 14.7 Å². The smallest absolute Gasteiger partial charge is 0.324 e. The fourth-order valence-corrected chi connectivity index (χ4v) is 2.78. The first-order valence-corrected chi connectivity index (χ1v) is 7.45. The maximum absolute atomic E-state index is 12.6. The number of piperidine rings is 1. The van der Waals surface area contributed by atoms with Crippen molar-refractivity contribution in [2.75, 3.05) is 24.5 Å². The molecule has 21 heavy (non-hydrogen) atoms. The van der Waals surface area contributed by atoms with E-state index in [4.69, 9.17) is 5.11 Å². The number of anilines is 1. The van der Waals surface area contributed by atoms with Gasteiger partial charge in [-0.05, 0) is 37.8 Å². The van der Waals surface area contributed by atoms with Gasteiger partial charge in [0.05, 0.1) is 0 Å². The highest BCUT2D eigenvalue weighted by molar-refractivity contribution is 5.92. The molecule has 1 aromatic carbocycles. The third-order valence-electron chi connectivity index (χ3n) is 3.96. The average Bonchev–Trinajstić information content (AvgIpc) is 2.49. The number of carbonyl (C=O) groups excluding carboxylic acids is 1. The second kappa shape index (κ2) is 7.11. The molecule has 1 saturated heterocycles. The van der Waals surface area contributed by atoms with Crippen LogP contribution >= 0.6 is 0 Å². The van der Waals surface area contributed by atoms with Crippen LogP contribution in [0.2, 0.25) is 0 Å². The van der Waals surface area contributed by atoms with Crippen molar-refractivity contribution in [3.8, 4) is 0 Å². The van der Waals surface area contributed by atoms with Crippen LogP contribution in [0.4, 0.5) is 10.5 Å². The Kier molecular flexibility index (Phi) is 5.20. The fraction of sp³-hybridized carbons (Fsp3) is 0.500. The molecule has 1 aliphatic rings. The van der Waals surface area contributed by atoms with E-state index in [1.54, 1.807) is 4.90 Å². The molecule has 2 amide bonds. The van der Waals surface area contributed by atoms with E-state index in [-0.39, 0.29) is 18.4 Å². The van der Waals surface area contributed by atoms with Crippen LogP contribution in [0, 0.1) is 5.92 Å². The summed E-state index contributed by atoms with van der Waals surface area (Å²) in [4.78, 5) is 26.9. The van der Waals surface area contributed by atoms with Crippen LogP contribution in [-0.2, 0) is 4.79 Å². The molecule has 2 rings (SSSR count).